The third kappa shape index (κ3) is 6.49. The smallest absolute Gasteiger partial charge is 0.243 e. The van der Waals surface area contributed by atoms with E-state index in [0.29, 0.717) is 44.8 Å². The lowest BCUT2D eigenvalue weighted by atomic mass is 10.1. The van der Waals surface area contributed by atoms with Gasteiger partial charge in [0.2, 0.25) is 20.0 Å². The van der Waals surface area contributed by atoms with Gasteiger partial charge in [-0.3, -0.25) is 0 Å². The van der Waals surface area contributed by atoms with Gasteiger partial charge in [-0.2, -0.15) is 8.61 Å². The SMILES string of the molecule is Cc1ccc(S(=O)(=O)N(CCN2CCCCC2)CCS(=O)(=O)N2CCNCC2)c(C)c1. The second-order valence-corrected chi connectivity index (χ2v) is 12.5. The highest BCUT2D eigenvalue weighted by atomic mass is 32.2. The standard InChI is InChI=1S/C21H36N4O4S2/c1-19-6-7-21(20(2)18-19)31(28,29)25(15-14-23-10-4-3-5-11-23)16-17-30(26,27)24-12-8-22-9-13-24/h6-7,18,22H,3-5,8-17H2,1-2H3. The molecule has 0 aliphatic carbocycles. The summed E-state index contributed by atoms with van der Waals surface area (Å²) in [5.41, 5.74) is 1.69. The van der Waals surface area contributed by atoms with Gasteiger partial charge < -0.3 is 10.2 Å². The summed E-state index contributed by atoms with van der Waals surface area (Å²) >= 11 is 0. The molecule has 0 bridgehead atoms. The predicted molar refractivity (Wildman–Crippen MR) is 123 cm³/mol. The molecule has 0 unspecified atom stereocenters. The number of aryl methyl sites for hydroxylation is 2. The van der Waals surface area contributed by atoms with Crippen molar-refractivity contribution in [1.29, 1.82) is 0 Å². The van der Waals surface area contributed by atoms with Crippen LogP contribution in [-0.2, 0) is 20.0 Å². The van der Waals surface area contributed by atoms with E-state index in [4.69, 9.17) is 0 Å². The summed E-state index contributed by atoms with van der Waals surface area (Å²) < 4.78 is 55.6. The average molecular weight is 473 g/mol. The fourth-order valence-electron chi connectivity index (χ4n) is 4.28. The maximum atomic E-state index is 13.5. The minimum atomic E-state index is -3.79. The highest BCUT2D eigenvalue weighted by Gasteiger charge is 2.30. The average Bonchev–Trinajstić information content (AvgIpc) is 2.74. The van der Waals surface area contributed by atoms with E-state index < -0.39 is 20.0 Å². The largest absolute Gasteiger partial charge is 0.314 e. The Morgan fingerprint density at radius 3 is 2.26 bits per heavy atom. The Balaban J connectivity index is 1.77. The van der Waals surface area contributed by atoms with E-state index in [9.17, 15) is 16.8 Å². The lowest BCUT2D eigenvalue weighted by Crippen LogP contribution is -2.49. The number of likely N-dealkylation sites (tertiary alicyclic amines) is 1. The van der Waals surface area contributed by atoms with Crippen LogP contribution in [0.5, 0.6) is 0 Å². The van der Waals surface area contributed by atoms with Crippen molar-refractivity contribution in [3.05, 3.63) is 29.3 Å². The normalized spacial score (nSPS) is 19.7. The first kappa shape index (κ1) is 24.6. The minimum Gasteiger partial charge on any atom is -0.314 e. The third-order valence-electron chi connectivity index (χ3n) is 6.13. The number of piperidine rings is 1. The Bertz CT molecular complexity index is 938. The van der Waals surface area contributed by atoms with Crippen molar-refractivity contribution in [3.8, 4) is 0 Å². The monoisotopic (exact) mass is 472 g/mol. The van der Waals surface area contributed by atoms with Crippen LogP contribution in [0.2, 0.25) is 0 Å². The summed E-state index contributed by atoms with van der Waals surface area (Å²) in [6.07, 6.45) is 3.46. The van der Waals surface area contributed by atoms with Crippen LogP contribution in [-0.4, -0.2) is 95.0 Å². The van der Waals surface area contributed by atoms with Crippen molar-refractivity contribution in [1.82, 2.24) is 18.8 Å². The molecule has 0 radical (unpaired) electrons. The molecule has 10 heteroatoms. The van der Waals surface area contributed by atoms with Gasteiger partial charge in [-0.25, -0.2) is 16.8 Å². The van der Waals surface area contributed by atoms with Gasteiger partial charge in [0.05, 0.1) is 10.6 Å². The van der Waals surface area contributed by atoms with E-state index in [-0.39, 0.29) is 17.2 Å². The van der Waals surface area contributed by atoms with Crippen LogP contribution >= 0.6 is 0 Å². The number of hydrogen-bond donors (Lipinski definition) is 1. The van der Waals surface area contributed by atoms with Crippen LogP contribution in [0.3, 0.4) is 0 Å². The van der Waals surface area contributed by atoms with Gasteiger partial charge in [0, 0.05) is 45.8 Å². The molecule has 31 heavy (non-hydrogen) atoms. The fraction of sp³-hybridized carbons (Fsp3) is 0.714. The summed E-state index contributed by atoms with van der Waals surface area (Å²) in [5.74, 6) is -0.197. The molecule has 0 saturated carbocycles. The molecule has 2 aliphatic heterocycles. The lowest BCUT2D eigenvalue weighted by molar-refractivity contribution is 0.214. The van der Waals surface area contributed by atoms with Crippen molar-refractivity contribution < 1.29 is 16.8 Å². The van der Waals surface area contributed by atoms with Crippen LogP contribution in [0.15, 0.2) is 23.1 Å². The molecule has 176 valence electrons. The summed E-state index contributed by atoms with van der Waals surface area (Å²) in [5, 5.41) is 3.15. The van der Waals surface area contributed by atoms with Gasteiger partial charge in [-0.1, -0.05) is 24.1 Å². The molecule has 3 rings (SSSR count). The molecule has 1 N–H and O–H groups in total. The quantitative estimate of drug-likeness (QED) is 0.577. The Morgan fingerprint density at radius 1 is 0.935 bits per heavy atom. The zero-order chi connectivity index (χ0) is 22.5. The molecule has 0 atom stereocenters. The summed E-state index contributed by atoms with van der Waals surface area (Å²) in [6, 6.07) is 5.28. The lowest BCUT2D eigenvalue weighted by Gasteiger charge is -2.31. The Morgan fingerprint density at radius 2 is 1.61 bits per heavy atom. The van der Waals surface area contributed by atoms with E-state index in [2.05, 4.69) is 10.2 Å². The molecule has 2 saturated heterocycles. The van der Waals surface area contributed by atoms with E-state index in [1.165, 1.54) is 15.0 Å². The second-order valence-electron chi connectivity index (χ2n) is 8.54. The highest BCUT2D eigenvalue weighted by Crippen LogP contribution is 2.22. The van der Waals surface area contributed by atoms with Crippen molar-refractivity contribution in [2.75, 3.05) is 64.7 Å². The minimum absolute atomic E-state index is 0.0320. The summed E-state index contributed by atoms with van der Waals surface area (Å²) in [4.78, 5) is 2.54. The van der Waals surface area contributed by atoms with Crippen LogP contribution < -0.4 is 5.32 Å². The number of sulfonamides is 2. The van der Waals surface area contributed by atoms with Gasteiger partial charge in [0.15, 0.2) is 0 Å². The number of nitrogens with zero attached hydrogens (tertiary/aromatic N) is 3. The topological polar surface area (TPSA) is 90.0 Å². The molecule has 2 aliphatic rings. The van der Waals surface area contributed by atoms with E-state index >= 15 is 0 Å². The fourth-order valence-corrected chi connectivity index (χ4v) is 7.49. The van der Waals surface area contributed by atoms with Crippen molar-refractivity contribution in [2.24, 2.45) is 0 Å². The number of nitrogens with one attached hydrogen (secondary N) is 1. The first-order valence-electron chi connectivity index (χ1n) is 11.2. The predicted octanol–water partition coefficient (Wildman–Crippen LogP) is 1.02. The third-order valence-corrected chi connectivity index (χ3v) is 10.0. The molecular weight excluding hydrogens is 436 g/mol. The molecule has 8 nitrogen and oxygen atoms in total. The first-order valence-corrected chi connectivity index (χ1v) is 14.2. The second kappa shape index (κ2) is 10.7. The number of benzene rings is 1. The Labute approximate surface area is 187 Å². The van der Waals surface area contributed by atoms with Gasteiger partial charge in [-0.05, 0) is 51.4 Å². The zero-order valence-corrected chi connectivity index (χ0v) is 20.3. The van der Waals surface area contributed by atoms with E-state index in [1.807, 2.05) is 13.0 Å². The molecule has 1 aromatic carbocycles. The number of rotatable bonds is 9. The van der Waals surface area contributed by atoms with Crippen LogP contribution in [0, 0.1) is 13.8 Å². The van der Waals surface area contributed by atoms with Crippen LogP contribution in [0.4, 0.5) is 0 Å². The van der Waals surface area contributed by atoms with Crippen molar-refractivity contribution in [2.45, 2.75) is 38.0 Å². The van der Waals surface area contributed by atoms with E-state index in [0.717, 1.165) is 31.5 Å². The van der Waals surface area contributed by atoms with Crippen molar-refractivity contribution >= 4 is 20.0 Å². The van der Waals surface area contributed by atoms with Gasteiger partial charge in [0.25, 0.3) is 0 Å². The molecule has 0 amide bonds. The number of hydrogen-bond acceptors (Lipinski definition) is 6. The Hall–Kier alpha value is -1.04. The highest BCUT2D eigenvalue weighted by molar-refractivity contribution is 7.90. The van der Waals surface area contributed by atoms with Crippen LogP contribution in [0.1, 0.15) is 30.4 Å². The van der Waals surface area contributed by atoms with E-state index in [1.54, 1.807) is 19.1 Å². The molecule has 1 aromatic rings. The summed E-state index contributed by atoms with van der Waals surface area (Å²) in [7, 11) is -7.30. The molecule has 0 spiro atoms. The van der Waals surface area contributed by atoms with Crippen molar-refractivity contribution in [3.63, 3.8) is 0 Å². The van der Waals surface area contributed by atoms with Crippen LogP contribution in [0.25, 0.3) is 0 Å². The van der Waals surface area contributed by atoms with Gasteiger partial charge in [-0.15, -0.1) is 0 Å². The Kier molecular flexibility index (Phi) is 8.51. The molecular formula is C21H36N4O4S2. The van der Waals surface area contributed by atoms with Gasteiger partial charge >= 0.3 is 0 Å². The zero-order valence-electron chi connectivity index (χ0n) is 18.7. The number of piperazine rings is 1. The molecule has 2 heterocycles. The maximum absolute atomic E-state index is 13.5. The molecule has 2 fully saturated rings. The molecule has 0 aromatic heterocycles. The maximum Gasteiger partial charge on any atom is 0.243 e. The first-order chi connectivity index (χ1) is 14.7. The summed E-state index contributed by atoms with van der Waals surface area (Å²) in [6.45, 7) is 8.66. The van der Waals surface area contributed by atoms with Gasteiger partial charge in [0.1, 0.15) is 0 Å².